The molecule has 6 nitrogen and oxygen atoms in total. The lowest BCUT2D eigenvalue weighted by Crippen LogP contribution is -2.34. The molecule has 0 bridgehead atoms. The first-order valence-electron chi connectivity index (χ1n) is 17.4. The molecule has 2 atom stereocenters. The van der Waals surface area contributed by atoms with Gasteiger partial charge in [0.05, 0.1) is 13.2 Å². The first-order chi connectivity index (χ1) is 21.4. The van der Waals surface area contributed by atoms with Crippen molar-refractivity contribution >= 4 is 11.6 Å². The van der Waals surface area contributed by atoms with E-state index in [1.165, 1.54) is 0 Å². The lowest BCUT2D eigenvalue weighted by Gasteiger charge is -2.26. The highest BCUT2D eigenvalue weighted by Gasteiger charge is 2.25. The van der Waals surface area contributed by atoms with E-state index in [0.717, 1.165) is 113 Å². The summed E-state index contributed by atoms with van der Waals surface area (Å²) < 4.78 is 11.6. The van der Waals surface area contributed by atoms with Gasteiger partial charge in [0, 0.05) is 36.1 Å². The summed E-state index contributed by atoms with van der Waals surface area (Å²) in [5, 5.41) is 0. The summed E-state index contributed by atoms with van der Waals surface area (Å²) in [5.74, 6) is 1.90. The van der Waals surface area contributed by atoms with E-state index in [9.17, 15) is 9.59 Å². The van der Waals surface area contributed by atoms with E-state index >= 15 is 0 Å². The van der Waals surface area contributed by atoms with Crippen molar-refractivity contribution in [3.63, 3.8) is 0 Å². The van der Waals surface area contributed by atoms with Gasteiger partial charge in [0.1, 0.15) is 11.5 Å². The van der Waals surface area contributed by atoms with Crippen LogP contribution in [0.4, 0.5) is 0 Å². The summed E-state index contributed by atoms with van der Waals surface area (Å²) in [6, 6.07) is 15.3. The summed E-state index contributed by atoms with van der Waals surface area (Å²) in [7, 11) is 0. The van der Waals surface area contributed by atoms with Crippen molar-refractivity contribution in [1.29, 1.82) is 0 Å². The summed E-state index contributed by atoms with van der Waals surface area (Å²) in [5.41, 5.74) is 1.50. The SMILES string of the molecule is CCCCOc1ccc(C(=O)[C@H](CCCC[C@@H](CN(CC)CC)C(=O)c2ccc(OCCCC)cc2)CN(CC)CC)cc1. The van der Waals surface area contributed by atoms with Gasteiger partial charge in [-0.2, -0.15) is 0 Å². The average molecular weight is 609 g/mol. The van der Waals surface area contributed by atoms with Gasteiger partial charge in [-0.25, -0.2) is 0 Å². The number of hydrogen-bond acceptors (Lipinski definition) is 6. The highest BCUT2D eigenvalue weighted by Crippen LogP contribution is 2.24. The van der Waals surface area contributed by atoms with Crippen molar-refractivity contribution < 1.29 is 19.1 Å². The quantitative estimate of drug-likeness (QED) is 0.0831. The molecule has 0 saturated carbocycles. The van der Waals surface area contributed by atoms with Crippen LogP contribution in [0.5, 0.6) is 11.5 Å². The highest BCUT2D eigenvalue weighted by molar-refractivity contribution is 5.98. The zero-order chi connectivity index (χ0) is 32.2. The number of nitrogens with zero attached hydrogens (tertiary/aromatic N) is 2. The maximum absolute atomic E-state index is 13.7. The molecule has 0 aliphatic carbocycles. The molecule has 0 radical (unpaired) electrons. The fourth-order valence-electron chi connectivity index (χ4n) is 5.55. The molecule has 246 valence electrons. The number of Topliss-reactive ketones (excluding diaryl/α,β-unsaturated/α-hetero) is 2. The lowest BCUT2D eigenvalue weighted by molar-refractivity contribution is 0.0852. The number of ether oxygens (including phenoxy) is 2. The van der Waals surface area contributed by atoms with Crippen LogP contribution in [0, 0.1) is 11.8 Å². The van der Waals surface area contributed by atoms with Crippen molar-refractivity contribution in [2.75, 3.05) is 52.5 Å². The zero-order valence-corrected chi connectivity index (χ0v) is 28.6. The Hall–Kier alpha value is -2.70. The minimum absolute atomic E-state index is 0.0704. The van der Waals surface area contributed by atoms with Crippen LogP contribution in [-0.4, -0.2) is 73.8 Å². The van der Waals surface area contributed by atoms with Crippen LogP contribution < -0.4 is 9.47 Å². The van der Waals surface area contributed by atoms with E-state index in [2.05, 4.69) is 51.3 Å². The maximum Gasteiger partial charge on any atom is 0.167 e. The van der Waals surface area contributed by atoms with E-state index < -0.39 is 0 Å². The molecular formula is C38H60N2O4. The second kappa shape index (κ2) is 21.9. The molecule has 0 aromatic heterocycles. The van der Waals surface area contributed by atoms with Crippen molar-refractivity contribution in [2.45, 2.75) is 92.9 Å². The van der Waals surface area contributed by atoms with Gasteiger partial charge in [-0.3, -0.25) is 9.59 Å². The Balaban J connectivity index is 2.07. The number of carbonyl (C=O) groups is 2. The van der Waals surface area contributed by atoms with Crippen LogP contribution in [0.25, 0.3) is 0 Å². The molecule has 2 rings (SSSR count). The molecule has 2 aromatic carbocycles. The van der Waals surface area contributed by atoms with E-state index in [-0.39, 0.29) is 23.4 Å². The summed E-state index contributed by atoms with van der Waals surface area (Å²) >= 11 is 0. The zero-order valence-electron chi connectivity index (χ0n) is 28.6. The van der Waals surface area contributed by atoms with Crippen molar-refractivity contribution in [2.24, 2.45) is 11.8 Å². The Labute approximate surface area is 268 Å². The van der Waals surface area contributed by atoms with Gasteiger partial charge in [0.15, 0.2) is 11.6 Å². The van der Waals surface area contributed by atoms with Crippen LogP contribution in [0.2, 0.25) is 0 Å². The number of carbonyl (C=O) groups excluding carboxylic acids is 2. The number of benzene rings is 2. The van der Waals surface area contributed by atoms with E-state index in [4.69, 9.17) is 9.47 Å². The molecule has 0 aliphatic heterocycles. The van der Waals surface area contributed by atoms with Crippen molar-refractivity contribution in [1.82, 2.24) is 9.80 Å². The fraction of sp³-hybridized carbons (Fsp3) is 0.632. The molecule has 0 amide bonds. The van der Waals surface area contributed by atoms with Crippen molar-refractivity contribution in [3.05, 3.63) is 59.7 Å². The molecule has 0 N–H and O–H groups in total. The minimum atomic E-state index is -0.0704. The normalized spacial score (nSPS) is 12.8. The van der Waals surface area contributed by atoms with Gasteiger partial charge in [-0.15, -0.1) is 0 Å². The molecule has 0 saturated heterocycles. The van der Waals surface area contributed by atoms with E-state index in [0.29, 0.717) is 13.2 Å². The Morgan fingerprint density at radius 3 is 1.18 bits per heavy atom. The lowest BCUT2D eigenvalue weighted by atomic mass is 9.88. The standard InChI is InChI=1S/C38H60N2O4/c1-7-13-27-43-35-23-19-31(20-24-35)37(41)33(29-39(9-3)10-4)17-15-16-18-34(30-40(11-5)12-6)38(42)32-21-25-36(26-22-32)44-28-14-8-2/h19-26,33-34H,7-18,27-30H2,1-6H3/t33-,34+. The molecule has 44 heavy (non-hydrogen) atoms. The first-order valence-corrected chi connectivity index (χ1v) is 17.4. The number of unbranched alkanes of at least 4 members (excludes halogenated alkanes) is 3. The third kappa shape index (κ3) is 13.1. The first kappa shape index (κ1) is 37.5. The fourth-order valence-corrected chi connectivity index (χ4v) is 5.55. The minimum Gasteiger partial charge on any atom is -0.494 e. The number of ketones is 2. The summed E-state index contributed by atoms with van der Waals surface area (Å²) in [6.45, 7) is 19.5. The van der Waals surface area contributed by atoms with Crippen LogP contribution in [0.3, 0.4) is 0 Å². The Bertz CT molecular complexity index is 960. The van der Waals surface area contributed by atoms with Gasteiger partial charge in [0.2, 0.25) is 0 Å². The van der Waals surface area contributed by atoms with E-state index in [1.54, 1.807) is 0 Å². The number of hydrogen-bond donors (Lipinski definition) is 0. The molecule has 0 unspecified atom stereocenters. The second-order valence-electron chi connectivity index (χ2n) is 11.8. The Morgan fingerprint density at radius 2 is 0.886 bits per heavy atom. The molecular weight excluding hydrogens is 548 g/mol. The maximum atomic E-state index is 13.7. The molecule has 6 heteroatoms. The predicted molar refractivity (Wildman–Crippen MR) is 183 cm³/mol. The third-order valence-electron chi connectivity index (χ3n) is 8.65. The van der Waals surface area contributed by atoms with Gasteiger partial charge in [-0.1, -0.05) is 67.2 Å². The van der Waals surface area contributed by atoms with Crippen LogP contribution in [0.15, 0.2) is 48.5 Å². The largest absolute Gasteiger partial charge is 0.494 e. The van der Waals surface area contributed by atoms with Crippen LogP contribution in [-0.2, 0) is 0 Å². The van der Waals surface area contributed by atoms with Gasteiger partial charge < -0.3 is 19.3 Å². The second-order valence-corrected chi connectivity index (χ2v) is 11.8. The molecule has 0 aliphatic rings. The predicted octanol–water partition coefficient (Wildman–Crippen LogP) is 8.59. The third-order valence-corrected chi connectivity index (χ3v) is 8.65. The smallest absolute Gasteiger partial charge is 0.167 e. The average Bonchev–Trinajstić information content (AvgIpc) is 3.06. The van der Waals surface area contributed by atoms with Crippen molar-refractivity contribution in [3.8, 4) is 11.5 Å². The summed E-state index contributed by atoms with van der Waals surface area (Å²) in [4.78, 5) is 32.1. The molecule has 0 spiro atoms. The topological polar surface area (TPSA) is 59.1 Å². The van der Waals surface area contributed by atoms with Crippen LogP contribution in [0.1, 0.15) is 114 Å². The molecule has 0 heterocycles. The van der Waals surface area contributed by atoms with Crippen LogP contribution >= 0.6 is 0 Å². The Kier molecular flexibility index (Phi) is 18.7. The highest BCUT2D eigenvalue weighted by atomic mass is 16.5. The molecule has 0 fully saturated rings. The van der Waals surface area contributed by atoms with Gasteiger partial charge >= 0.3 is 0 Å². The number of rotatable bonds is 25. The van der Waals surface area contributed by atoms with E-state index in [1.807, 2.05) is 48.5 Å². The Morgan fingerprint density at radius 1 is 0.545 bits per heavy atom. The summed E-state index contributed by atoms with van der Waals surface area (Å²) in [6.07, 6.45) is 7.71. The monoisotopic (exact) mass is 608 g/mol. The molecule has 2 aromatic rings. The van der Waals surface area contributed by atoms with Gasteiger partial charge in [-0.05, 0) is 100 Å². The van der Waals surface area contributed by atoms with Gasteiger partial charge in [0.25, 0.3) is 0 Å².